The minimum Gasteiger partial charge on any atom is -0.380 e. The number of nitrogen functional groups attached to an aromatic ring is 1. The van der Waals surface area contributed by atoms with E-state index in [9.17, 15) is 0 Å². The number of thiazole rings is 1. The molecule has 2 aromatic heterocycles. The molecule has 1 unspecified atom stereocenters. The second-order valence-electron chi connectivity index (χ2n) is 5.37. The van der Waals surface area contributed by atoms with E-state index in [2.05, 4.69) is 17.0 Å². The lowest BCUT2D eigenvalue weighted by Gasteiger charge is -2.19. The Kier molecular flexibility index (Phi) is 4.66. The van der Waals surface area contributed by atoms with Gasteiger partial charge in [0.2, 0.25) is 4.88 Å². The number of nitrogens with zero attached hydrogens (tertiary/aromatic N) is 1. The number of rotatable bonds is 4. The normalized spacial score (nSPS) is 17.1. The summed E-state index contributed by atoms with van der Waals surface area (Å²) in [6, 6.07) is 2.05. The minimum absolute atomic E-state index is 0.0953. The third kappa shape index (κ3) is 3.17. The topological polar surface area (TPSA) is 62.8 Å². The fraction of sp³-hybridized carbons (Fsp3) is 0.467. The molecule has 2 aromatic rings. The predicted molar refractivity (Wildman–Crippen MR) is 95.8 cm³/mol. The van der Waals surface area contributed by atoms with Crippen LogP contribution in [0.15, 0.2) is 16.8 Å². The van der Waals surface area contributed by atoms with Crippen LogP contribution in [0.2, 0.25) is 0 Å². The van der Waals surface area contributed by atoms with Crippen molar-refractivity contribution in [3.63, 3.8) is 0 Å². The van der Waals surface area contributed by atoms with Crippen LogP contribution in [0.5, 0.6) is 0 Å². The molecule has 1 aliphatic carbocycles. The van der Waals surface area contributed by atoms with Gasteiger partial charge < -0.3 is 5.73 Å². The maximum atomic E-state index is 7.70. The van der Waals surface area contributed by atoms with Gasteiger partial charge in [-0.15, -0.1) is 11.3 Å². The molecule has 3 nitrogen and oxygen atoms in total. The van der Waals surface area contributed by atoms with Crippen LogP contribution in [0.1, 0.15) is 48.6 Å². The summed E-state index contributed by atoms with van der Waals surface area (Å²) in [5, 5.41) is 13.2. The van der Waals surface area contributed by atoms with Crippen LogP contribution in [0.3, 0.4) is 0 Å². The number of aromatic nitrogens is 1. The van der Waals surface area contributed by atoms with Crippen molar-refractivity contribution in [3.8, 4) is 10.6 Å². The van der Waals surface area contributed by atoms with Crippen molar-refractivity contribution in [2.45, 2.75) is 38.0 Å². The van der Waals surface area contributed by atoms with E-state index < -0.39 is 0 Å². The van der Waals surface area contributed by atoms with Crippen LogP contribution < -0.4 is 5.73 Å². The zero-order valence-electron chi connectivity index (χ0n) is 12.1. The van der Waals surface area contributed by atoms with Crippen LogP contribution >= 0.6 is 31.6 Å². The summed E-state index contributed by atoms with van der Waals surface area (Å²) in [5.74, 6) is 0.837. The maximum absolute atomic E-state index is 7.70. The van der Waals surface area contributed by atoms with E-state index in [1.165, 1.54) is 37.8 Å². The summed E-state index contributed by atoms with van der Waals surface area (Å²) in [4.78, 5) is 5.80. The quantitative estimate of drug-likeness (QED) is 0.356. The average molecular weight is 339 g/mol. The molecule has 3 N–H and O–H groups in total. The van der Waals surface area contributed by atoms with Crippen LogP contribution in [-0.4, -0.2) is 17.1 Å². The van der Waals surface area contributed by atoms with E-state index in [-0.39, 0.29) is 15.3 Å². The fourth-order valence-electron chi connectivity index (χ4n) is 2.85. The number of nitrogens with two attached hydrogens (primary N) is 1. The molecule has 3 rings (SSSR count). The summed E-state index contributed by atoms with van der Waals surface area (Å²) < 4.78 is 0. The summed E-state index contributed by atoms with van der Waals surface area (Å²) in [6.45, 7) is 0. The van der Waals surface area contributed by atoms with Gasteiger partial charge in [-0.2, -0.15) is 0 Å². The summed E-state index contributed by atoms with van der Waals surface area (Å²) in [5.41, 5.74) is 8.10. The second kappa shape index (κ2) is 6.50. The molecule has 0 spiro atoms. The standard InChI is InChI=1S/C15H20N3S3/c1-19-21-9-11(7-13(21)14(16)17)15-18-12(8-20-15)10-5-3-2-4-6-10/h7-10H,2-6H2,1H3,(H3,16,17)/q+1. The summed E-state index contributed by atoms with van der Waals surface area (Å²) in [7, 11) is 1.65. The molecule has 0 amide bonds. The number of hydrogen-bond acceptors (Lipinski definition) is 4. The van der Waals surface area contributed by atoms with Crippen LogP contribution in [-0.2, 0) is 0 Å². The molecule has 1 fully saturated rings. The van der Waals surface area contributed by atoms with E-state index in [1.807, 2.05) is 6.07 Å². The van der Waals surface area contributed by atoms with Crippen LogP contribution in [0, 0.1) is 5.41 Å². The Morgan fingerprint density at radius 2 is 2.19 bits per heavy atom. The molecule has 112 valence electrons. The van der Waals surface area contributed by atoms with Crippen molar-refractivity contribution in [1.29, 1.82) is 5.41 Å². The van der Waals surface area contributed by atoms with E-state index in [0.717, 1.165) is 15.4 Å². The molecule has 0 aliphatic heterocycles. The van der Waals surface area contributed by atoms with Crippen molar-refractivity contribution in [2.75, 3.05) is 6.26 Å². The molecule has 0 saturated heterocycles. The Balaban J connectivity index is 1.87. The van der Waals surface area contributed by atoms with Gasteiger partial charge >= 0.3 is 0 Å². The highest BCUT2D eigenvalue weighted by molar-refractivity contribution is 8.45. The minimum atomic E-state index is -0.0953. The molecule has 6 heteroatoms. The lowest BCUT2D eigenvalue weighted by atomic mass is 9.87. The van der Waals surface area contributed by atoms with Crippen molar-refractivity contribution < 1.29 is 0 Å². The van der Waals surface area contributed by atoms with Gasteiger partial charge in [0.15, 0.2) is 11.2 Å². The molecule has 1 saturated carbocycles. The van der Waals surface area contributed by atoms with Crippen molar-refractivity contribution >= 4 is 37.5 Å². The molecule has 0 aromatic carbocycles. The second-order valence-corrected chi connectivity index (χ2v) is 9.91. The first-order chi connectivity index (χ1) is 10.2. The largest absolute Gasteiger partial charge is 0.380 e. The number of amidine groups is 1. The van der Waals surface area contributed by atoms with Crippen molar-refractivity contribution in [1.82, 2.24) is 4.98 Å². The zero-order valence-corrected chi connectivity index (χ0v) is 14.5. The molecule has 2 heterocycles. The molecule has 0 bridgehead atoms. The van der Waals surface area contributed by atoms with Crippen molar-refractivity contribution in [2.24, 2.45) is 5.73 Å². The monoisotopic (exact) mass is 338 g/mol. The first-order valence-corrected chi connectivity index (χ1v) is 11.1. The summed E-state index contributed by atoms with van der Waals surface area (Å²) >= 11 is 1.73. The molecule has 0 radical (unpaired) electrons. The molecule has 1 aliphatic rings. The predicted octanol–water partition coefficient (Wildman–Crippen LogP) is 5.02. The van der Waals surface area contributed by atoms with Crippen LogP contribution in [0.25, 0.3) is 10.6 Å². The van der Waals surface area contributed by atoms with Gasteiger partial charge in [-0.1, -0.05) is 19.3 Å². The Hall–Kier alpha value is -0.850. The highest BCUT2D eigenvalue weighted by Gasteiger charge is 2.23. The van der Waals surface area contributed by atoms with Gasteiger partial charge in [0.05, 0.1) is 20.8 Å². The third-order valence-electron chi connectivity index (χ3n) is 3.97. The first-order valence-electron chi connectivity index (χ1n) is 7.20. The Labute approximate surface area is 135 Å². The molecule has 1 atom stereocenters. The fourth-order valence-corrected chi connectivity index (χ4v) is 6.64. The van der Waals surface area contributed by atoms with Crippen molar-refractivity contribution in [3.05, 3.63) is 27.4 Å². The SMILES string of the molecule is CS[s+]1cc(-c2nc(C3CCCCC3)cs2)cc1C(=N)N. The molecular formula is C15H20N3S3+. The Bertz CT molecular complexity index is 638. The average Bonchev–Trinajstić information content (AvgIpc) is 3.14. The number of thiophene rings is 1. The molecule has 21 heavy (non-hydrogen) atoms. The number of hydrogen-bond donors (Lipinski definition) is 2. The van der Waals surface area contributed by atoms with Gasteiger partial charge in [-0.3, -0.25) is 5.41 Å². The van der Waals surface area contributed by atoms with E-state index >= 15 is 0 Å². The van der Waals surface area contributed by atoms with E-state index in [4.69, 9.17) is 16.1 Å². The highest BCUT2D eigenvalue weighted by Crippen LogP contribution is 2.42. The van der Waals surface area contributed by atoms with Gasteiger partial charge in [0.1, 0.15) is 15.8 Å². The number of nitrogens with one attached hydrogen (secondary N) is 1. The van der Waals surface area contributed by atoms with Crippen LogP contribution in [0.4, 0.5) is 0 Å². The van der Waals surface area contributed by atoms with E-state index in [1.54, 1.807) is 22.1 Å². The lowest BCUT2D eigenvalue weighted by Crippen LogP contribution is -2.09. The summed E-state index contributed by atoms with van der Waals surface area (Å²) in [6.07, 6.45) is 8.68. The third-order valence-corrected chi connectivity index (χ3v) is 8.39. The van der Waals surface area contributed by atoms with Gasteiger partial charge in [0, 0.05) is 23.6 Å². The lowest BCUT2D eigenvalue weighted by molar-refractivity contribution is 0.438. The van der Waals surface area contributed by atoms with Gasteiger partial charge in [-0.05, 0) is 12.8 Å². The zero-order chi connectivity index (χ0) is 14.8. The van der Waals surface area contributed by atoms with E-state index in [0.29, 0.717) is 5.92 Å². The maximum Gasteiger partial charge on any atom is 0.228 e. The Morgan fingerprint density at radius 1 is 1.43 bits per heavy atom. The smallest absolute Gasteiger partial charge is 0.228 e. The molecular weight excluding hydrogens is 318 g/mol. The Morgan fingerprint density at radius 3 is 2.81 bits per heavy atom. The van der Waals surface area contributed by atoms with Gasteiger partial charge in [0.25, 0.3) is 0 Å². The van der Waals surface area contributed by atoms with Gasteiger partial charge in [-0.25, -0.2) is 4.98 Å². The highest BCUT2D eigenvalue weighted by atomic mass is 33.1. The first kappa shape index (κ1) is 15.1.